The van der Waals surface area contributed by atoms with Crippen LogP contribution in [0.2, 0.25) is 5.02 Å². The monoisotopic (exact) mass is 562 g/mol. The van der Waals surface area contributed by atoms with Gasteiger partial charge in [0, 0.05) is 20.0 Å². The van der Waals surface area contributed by atoms with Crippen LogP contribution in [0.3, 0.4) is 0 Å². The van der Waals surface area contributed by atoms with Crippen molar-refractivity contribution in [1.29, 1.82) is 0 Å². The molecule has 2 heterocycles. The molecule has 0 radical (unpaired) electrons. The average Bonchev–Trinajstić information content (AvgIpc) is 3.25. The van der Waals surface area contributed by atoms with Gasteiger partial charge in [-0.15, -0.1) is 0 Å². The van der Waals surface area contributed by atoms with E-state index in [1.54, 1.807) is 36.4 Å². The number of halogens is 2. The normalized spacial score (nSPS) is 11.9. The van der Waals surface area contributed by atoms with Crippen molar-refractivity contribution < 1.29 is 38.3 Å². The van der Waals surface area contributed by atoms with E-state index in [4.69, 9.17) is 16.6 Å². The zero-order chi connectivity index (χ0) is 23.1. The second-order valence-corrected chi connectivity index (χ2v) is 9.38. The first kappa shape index (κ1) is 25.0. The topological polar surface area (TPSA) is 92.8 Å². The van der Waals surface area contributed by atoms with Crippen molar-refractivity contribution in [1.82, 2.24) is 19.3 Å². The van der Waals surface area contributed by atoms with Crippen molar-refractivity contribution >= 4 is 49.6 Å². The van der Waals surface area contributed by atoms with Gasteiger partial charge in [0.2, 0.25) is 0 Å². The molecule has 11 heteroatoms. The molecule has 0 bridgehead atoms. The molecule has 1 unspecified atom stereocenters. The number of benzene rings is 3. The first-order chi connectivity index (χ1) is 15.9. The van der Waals surface area contributed by atoms with Gasteiger partial charge in [0.25, 0.3) is 5.56 Å². The smallest absolute Gasteiger partial charge is 0.768 e. The number of fused-ring (bicyclic) bond motifs is 1. The molecule has 0 aliphatic rings. The predicted molar refractivity (Wildman–Crippen MR) is 130 cm³/mol. The van der Waals surface area contributed by atoms with Crippen LogP contribution in [0.4, 0.5) is 0 Å². The summed E-state index contributed by atoms with van der Waals surface area (Å²) in [6, 6.07) is 20.6. The molecule has 7 nitrogen and oxygen atoms in total. The third kappa shape index (κ3) is 4.70. The Morgan fingerprint density at radius 3 is 2.35 bits per heavy atom. The maximum Gasteiger partial charge on any atom is 1.00 e. The summed E-state index contributed by atoms with van der Waals surface area (Å²) in [6.07, 6.45) is 1.43. The molecule has 3 aromatic carbocycles. The minimum Gasteiger partial charge on any atom is -0.768 e. The SMILES string of the molecule is O=c1c2cnn(-c3cccc(S(=O)[O-])c3)c2nc(-c2ccc(Br)cc2)n1-c1ccc(Cl)cc1.[Na+]. The van der Waals surface area contributed by atoms with E-state index in [9.17, 15) is 13.6 Å². The van der Waals surface area contributed by atoms with Crippen LogP contribution in [0.1, 0.15) is 0 Å². The Bertz CT molecular complexity index is 1590. The molecule has 0 N–H and O–H groups in total. The van der Waals surface area contributed by atoms with E-state index >= 15 is 0 Å². The van der Waals surface area contributed by atoms with E-state index in [1.807, 2.05) is 24.3 Å². The molecule has 2 aromatic heterocycles. The third-order valence-corrected chi connectivity index (χ3v) is 6.46. The summed E-state index contributed by atoms with van der Waals surface area (Å²) in [6.45, 7) is 0. The van der Waals surface area contributed by atoms with Gasteiger partial charge in [-0.2, -0.15) is 5.10 Å². The van der Waals surface area contributed by atoms with Gasteiger partial charge in [-0.1, -0.05) is 45.7 Å². The van der Waals surface area contributed by atoms with Gasteiger partial charge >= 0.3 is 29.6 Å². The molecule has 0 aliphatic heterocycles. The summed E-state index contributed by atoms with van der Waals surface area (Å²) in [7, 11) is 0. The zero-order valence-corrected chi connectivity index (χ0v) is 22.8. The first-order valence-electron chi connectivity index (χ1n) is 9.65. The van der Waals surface area contributed by atoms with Crippen molar-refractivity contribution in [2.45, 2.75) is 4.90 Å². The van der Waals surface area contributed by atoms with Crippen molar-refractivity contribution in [3.05, 3.63) is 98.8 Å². The molecule has 34 heavy (non-hydrogen) atoms. The molecule has 0 fully saturated rings. The van der Waals surface area contributed by atoms with Gasteiger partial charge in [-0.05, 0) is 65.7 Å². The third-order valence-electron chi connectivity index (χ3n) is 5.04. The Balaban J connectivity index is 0.00000274. The number of hydrogen-bond acceptors (Lipinski definition) is 5. The van der Waals surface area contributed by atoms with Crippen LogP contribution in [-0.4, -0.2) is 28.1 Å². The number of aromatic nitrogens is 4. The van der Waals surface area contributed by atoms with Gasteiger partial charge in [0.05, 0.1) is 17.6 Å². The quantitative estimate of drug-likeness (QED) is 0.246. The Kier molecular flexibility index (Phi) is 7.54. The Hall–Kier alpha value is -2.11. The largest absolute Gasteiger partial charge is 1.00 e. The molecule has 0 spiro atoms. The van der Waals surface area contributed by atoms with Gasteiger partial charge in [0.15, 0.2) is 5.65 Å². The Morgan fingerprint density at radius 2 is 1.68 bits per heavy atom. The van der Waals surface area contributed by atoms with Gasteiger partial charge in [0.1, 0.15) is 11.2 Å². The van der Waals surface area contributed by atoms with E-state index in [1.165, 1.54) is 27.6 Å². The second kappa shape index (κ2) is 10.2. The van der Waals surface area contributed by atoms with Crippen LogP contribution in [-0.2, 0) is 11.1 Å². The van der Waals surface area contributed by atoms with Crippen LogP contribution in [0.15, 0.2) is 93.2 Å². The maximum atomic E-state index is 13.6. The average molecular weight is 564 g/mol. The van der Waals surface area contributed by atoms with Crippen LogP contribution >= 0.6 is 27.5 Å². The van der Waals surface area contributed by atoms with Crippen molar-refractivity contribution in [3.8, 4) is 22.8 Å². The Labute approximate surface area is 232 Å². The minimum absolute atomic E-state index is 0. The summed E-state index contributed by atoms with van der Waals surface area (Å²) in [5, 5.41) is 5.18. The minimum atomic E-state index is -2.40. The summed E-state index contributed by atoms with van der Waals surface area (Å²) in [5.41, 5.74) is 1.80. The fraction of sp³-hybridized carbons (Fsp3) is 0. The zero-order valence-electron chi connectivity index (χ0n) is 17.7. The standard InChI is InChI=1S/C23H14BrClN4O3S.Na/c24-15-6-4-14(5-7-15)21-27-22-20(23(30)28(21)17-10-8-16(25)9-11-17)13-26-29(22)18-2-1-3-19(12-18)33(31)32;/h1-13H,(H,31,32);/q;+1/p-1. The van der Waals surface area contributed by atoms with Gasteiger partial charge < -0.3 is 4.55 Å². The summed E-state index contributed by atoms with van der Waals surface area (Å²) in [5.74, 6) is 0.410. The van der Waals surface area contributed by atoms with Crippen molar-refractivity contribution in [2.75, 3.05) is 0 Å². The fourth-order valence-corrected chi connectivity index (χ4v) is 4.29. The summed E-state index contributed by atoms with van der Waals surface area (Å²) < 4.78 is 26.7. The maximum absolute atomic E-state index is 13.6. The molecule has 0 saturated carbocycles. The van der Waals surface area contributed by atoms with Crippen molar-refractivity contribution in [3.63, 3.8) is 0 Å². The molecule has 5 aromatic rings. The molecular weight excluding hydrogens is 551 g/mol. The molecule has 164 valence electrons. The number of rotatable bonds is 4. The fourth-order valence-electron chi connectivity index (χ4n) is 3.50. The van der Waals surface area contributed by atoms with Gasteiger partial charge in [-0.25, -0.2) is 9.67 Å². The van der Waals surface area contributed by atoms with E-state index < -0.39 is 11.1 Å². The second-order valence-electron chi connectivity index (χ2n) is 7.09. The molecule has 0 amide bonds. The van der Waals surface area contributed by atoms with Crippen molar-refractivity contribution in [2.24, 2.45) is 0 Å². The molecule has 1 atom stereocenters. The first-order valence-corrected chi connectivity index (χ1v) is 11.9. The summed E-state index contributed by atoms with van der Waals surface area (Å²) >= 11 is 7.08. The van der Waals surface area contributed by atoms with Crippen LogP contribution in [0.5, 0.6) is 0 Å². The van der Waals surface area contributed by atoms with Gasteiger partial charge in [-0.3, -0.25) is 13.6 Å². The summed E-state index contributed by atoms with van der Waals surface area (Å²) in [4.78, 5) is 18.5. The Morgan fingerprint density at radius 1 is 0.971 bits per heavy atom. The van der Waals surface area contributed by atoms with E-state index in [-0.39, 0.29) is 40.0 Å². The molecular formula is C23H13BrClN4NaO3S. The number of hydrogen-bond donors (Lipinski definition) is 0. The molecule has 0 aliphatic carbocycles. The van der Waals surface area contributed by atoms with Crippen LogP contribution < -0.4 is 35.1 Å². The van der Waals surface area contributed by atoms with Crippen LogP contribution in [0.25, 0.3) is 33.8 Å². The molecule has 5 rings (SSSR count). The predicted octanol–water partition coefficient (Wildman–Crippen LogP) is 1.90. The van der Waals surface area contributed by atoms with Crippen LogP contribution in [0, 0.1) is 0 Å². The van der Waals surface area contributed by atoms with E-state index in [2.05, 4.69) is 21.0 Å². The van der Waals surface area contributed by atoms with E-state index in [0.29, 0.717) is 38.8 Å². The number of nitrogens with zero attached hydrogens (tertiary/aromatic N) is 4. The molecule has 0 saturated heterocycles. The van der Waals surface area contributed by atoms with E-state index in [0.717, 1.165) is 4.47 Å².